The highest BCUT2D eigenvalue weighted by atomic mass is 79.9. The van der Waals surface area contributed by atoms with Crippen molar-refractivity contribution in [2.45, 2.75) is 24.6 Å². The molecule has 0 saturated carbocycles. The molecule has 0 amide bonds. The van der Waals surface area contributed by atoms with E-state index >= 15 is 0 Å². The van der Waals surface area contributed by atoms with Gasteiger partial charge in [0.1, 0.15) is 11.5 Å². The molecule has 0 radical (unpaired) electrons. The molecule has 0 spiro atoms. The van der Waals surface area contributed by atoms with E-state index in [-0.39, 0.29) is 10.6 Å². The fourth-order valence-electron chi connectivity index (χ4n) is 1.41. The molecule has 94 valence electrons. The summed E-state index contributed by atoms with van der Waals surface area (Å²) in [4.78, 5) is 11.4. The molecular formula is C12H13Br3O2. The smallest absolute Gasteiger partial charge is 0.146 e. The maximum absolute atomic E-state index is 11.5. The molecule has 2 nitrogen and oxygen atoms in total. The lowest BCUT2D eigenvalue weighted by molar-refractivity contribution is -0.118. The largest absolute Gasteiger partial charge is 0.496 e. The zero-order chi connectivity index (χ0) is 13.0. The molecule has 1 aromatic rings. The van der Waals surface area contributed by atoms with Gasteiger partial charge in [-0.15, -0.1) is 0 Å². The van der Waals surface area contributed by atoms with Crippen LogP contribution in [0.5, 0.6) is 5.75 Å². The van der Waals surface area contributed by atoms with E-state index in [1.165, 1.54) is 0 Å². The van der Waals surface area contributed by atoms with E-state index < -0.39 is 0 Å². The van der Waals surface area contributed by atoms with Gasteiger partial charge in [0, 0.05) is 10.9 Å². The molecule has 0 aliphatic rings. The highest BCUT2D eigenvalue weighted by molar-refractivity contribution is 9.11. The van der Waals surface area contributed by atoms with Crippen LogP contribution in [0, 0.1) is 0 Å². The first-order valence-corrected chi connectivity index (χ1v) is 7.68. The third-order valence-electron chi connectivity index (χ3n) is 2.42. The summed E-state index contributed by atoms with van der Waals surface area (Å²) in [7, 11) is 1.63. The summed E-state index contributed by atoms with van der Waals surface area (Å²) in [6, 6.07) is 3.87. The van der Waals surface area contributed by atoms with Gasteiger partial charge in [0.2, 0.25) is 0 Å². The lowest BCUT2D eigenvalue weighted by Gasteiger charge is -2.12. The van der Waals surface area contributed by atoms with Crippen molar-refractivity contribution in [3.8, 4) is 5.75 Å². The van der Waals surface area contributed by atoms with Crippen molar-refractivity contribution in [2.24, 2.45) is 0 Å². The molecule has 0 fully saturated rings. The Bertz CT molecular complexity index is 418. The number of rotatable bonds is 5. The lowest BCUT2D eigenvalue weighted by Crippen LogP contribution is -2.15. The number of benzene rings is 1. The fraction of sp³-hybridized carbons (Fsp3) is 0.417. The SMILES string of the molecule is CCC(=O)C(Br)Cc1cc(OC)c(Br)cc1Br. The van der Waals surface area contributed by atoms with Crippen molar-refractivity contribution in [2.75, 3.05) is 7.11 Å². The van der Waals surface area contributed by atoms with E-state index in [1.807, 2.05) is 19.1 Å². The monoisotopic (exact) mass is 426 g/mol. The number of hydrogen-bond donors (Lipinski definition) is 0. The van der Waals surface area contributed by atoms with Gasteiger partial charge in [-0.25, -0.2) is 0 Å². The first-order valence-electron chi connectivity index (χ1n) is 5.18. The van der Waals surface area contributed by atoms with Crippen LogP contribution in [0.15, 0.2) is 21.1 Å². The summed E-state index contributed by atoms with van der Waals surface area (Å²) in [6.45, 7) is 1.87. The molecule has 0 heterocycles. The van der Waals surface area contributed by atoms with Crippen LogP contribution in [0.25, 0.3) is 0 Å². The molecular weight excluding hydrogens is 416 g/mol. The Balaban J connectivity index is 2.94. The van der Waals surface area contributed by atoms with Gasteiger partial charge in [0.05, 0.1) is 16.4 Å². The molecule has 1 atom stereocenters. The van der Waals surface area contributed by atoms with Crippen LogP contribution in [0.1, 0.15) is 18.9 Å². The topological polar surface area (TPSA) is 26.3 Å². The number of ketones is 1. The number of ether oxygens (including phenoxy) is 1. The van der Waals surface area contributed by atoms with Crippen LogP contribution < -0.4 is 4.74 Å². The van der Waals surface area contributed by atoms with Crippen molar-refractivity contribution in [1.82, 2.24) is 0 Å². The number of methoxy groups -OCH3 is 1. The van der Waals surface area contributed by atoms with Crippen LogP contribution in [0.3, 0.4) is 0 Å². The molecule has 1 aromatic carbocycles. The quantitative estimate of drug-likeness (QED) is 0.645. The lowest BCUT2D eigenvalue weighted by atomic mass is 10.1. The molecule has 0 N–H and O–H groups in total. The van der Waals surface area contributed by atoms with Crippen molar-refractivity contribution < 1.29 is 9.53 Å². The van der Waals surface area contributed by atoms with Crippen molar-refractivity contribution in [1.29, 1.82) is 0 Å². The minimum absolute atomic E-state index is 0.144. The van der Waals surface area contributed by atoms with Gasteiger partial charge in [-0.3, -0.25) is 4.79 Å². The third-order valence-corrected chi connectivity index (χ3v) is 4.61. The standard InChI is InChI=1S/C12H13Br3O2/c1-3-11(16)9(14)4-7-5-12(17-2)10(15)6-8(7)13/h5-6,9H,3-4H2,1-2H3. The molecule has 1 unspecified atom stereocenters. The van der Waals surface area contributed by atoms with E-state index in [4.69, 9.17) is 4.74 Å². The Labute approximate surface area is 126 Å². The van der Waals surface area contributed by atoms with E-state index in [2.05, 4.69) is 47.8 Å². The Morgan fingerprint density at radius 2 is 2.00 bits per heavy atom. The number of halogens is 3. The first-order chi connectivity index (χ1) is 7.99. The van der Waals surface area contributed by atoms with E-state index in [9.17, 15) is 4.79 Å². The van der Waals surface area contributed by atoms with Gasteiger partial charge in [0.15, 0.2) is 0 Å². The van der Waals surface area contributed by atoms with E-state index in [1.54, 1.807) is 7.11 Å². The maximum Gasteiger partial charge on any atom is 0.146 e. The fourth-order valence-corrected chi connectivity index (χ4v) is 3.40. The summed E-state index contributed by atoms with van der Waals surface area (Å²) in [5.41, 5.74) is 1.05. The average Bonchev–Trinajstić information content (AvgIpc) is 2.31. The molecule has 0 aliphatic carbocycles. The molecule has 0 saturated heterocycles. The summed E-state index contributed by atoms with van der Waals surface area (Å²) < 4.78 is 7.10. The number of carbonyl (C=O) groups is 1. The van der Waals surface area contributed by atoms with Crippen molar-refractivity contribution in [3.05, 3.63) is 26.6 Å². The molecule has 17 heavy (non-hydrogen) atoms. The number of hydrogen-bond acceptors (Lipinski definition) is 2. The summed E-state index contributed by atoms with van der Waals surface area (Å²) in [6.07, 6.45) is 1.19. The molecule has 0 aliphatic heterocycles. The van der Waals surface area contributed by atoms with E-state index in [0.29, 0.717) is 12.8 Å². The van der Waals surface area contributed by atoms with Gasteiger partial charge >= 0.3 is 0 Å². The minimum Gasteiger partial charge on any atom is -0.496 e. The van der Waals surface area contributed by atoms with Crippen LogP contribution >= 0.6 is 47.8 Å². The van der Waals surface area contributed by atoms with Gasteiger partial charge in [0.25, 0.3) is 0 Å². The number of Topliss-reactive ketones (excluding diaryl/α,β-unsaturated/α-hetero) is 1. The minimum atomic E-state index is -0.144. The normalized spacial score (nSPS) is 12.3. The Hall–Kier alpha value is 0.130. The second-order valence-electron chi connectivity index (χ2n) is 3.57. The van der Waals surface area contributed by atoms with Gasteiger partial charge in [-0.1, -0.05) is 38.8 Å². The van der Waals surface area contributed by atoms with Gasteiger partial charge in [-0.05, 0) is 40.0 Å². The number of carbonyl (C=O) groups excluding carboxylic acids is 1. The van der Waals surface area contributed by atoms with Crippen molar-refractivity contribution >= 4 is 53.6 Å². The second kappa shape index (κ2) is 6.90. The van der Waals surface area contributed by atoms with Crippen LogP contribution in [-0.2, 0) is 11.2 Å². The van der Waals surface area contributed by atoms with E-state index in [0.717, 1.165) is 20.3 Å². The summed E-state index contributed by atoms with van der Waals surface area (Å²) in [5, 5.41) is 0. The zero-order valence-corrected chi connectivity index (χ0v) is 14.4. The first kappa shape index (κ1) is 15.2. The zero-order valence-electron chi connectivity index (χ0n) is 9.60. The second-order valence-corrected chi connectivity index (χ2v) is 6.38. The summed E-state index contributed by atoms with van der Waals surface area (Å²) >= 11 is 10.3. The molecule has 5 heteroatoms. The van der Waals surface area contributed by atoms with Gasteiger partial charge in [-0.2, -0.15) is 0 Å². The Morgan fingerprint density at radius 3 is 2.53 bits per heavy atom. The highest BCUT2D eigenvalue weighted by Gasteiger charge is 2.16. The Morgan fingerprint density at radius 1 is 1.35 bits per heavy atom. The Kier molecular flexibility index (Phi) is 6.17. The average molecular weight is 429 g/mol. The van der Waals surface area contributed by atoms with Crippen molar-refractivity contribution in [3.63, 3.8) is 0 Å². The molecule has 0 aromatic heterocycles. The number of alkyl halides is 1. The third kappa shape index (κ3) is 4.07. The highest BCUT2D eigenvalue weighted by Crippen LogP contribution is 2.32. The predicted molar refractivity (Wildman–Crippen MR) is 80.1 cm³/mol. The van der Waals surface area contributed by atoms with Crippen LogP contribution in [0.4, 0.5) is 0 Å². The molecule has 0 bridgehead atoms. The van der Waals surface area contributed by atoms with Gasteiger partial charge < -0.3 is 4.74 Å². The van der Waals surface area contributed by atoms with Crippen LogP contribution in [-0.4, -0.2) is 17.7 Å². The van der Waals surface area contributed by atoms with Crippen LogP contribution in [0.2, 0.25) is 0 Å². The summed E-state index contributed by atoms with van der Waals surface area (Å²) in [5.74, 6) is 0.977. The molecule has 1 rings (SSSR count). The predicted octanol–water partition coefficient (Wildman–Crippen LogP) is 4.51. The maximum atomic E-state index is 11.5.